The summed E-state index contributed by atoms with van der Waals surface area (Å²) in [6.45, 7) is 3.83. The highest BCUT2D eigenvalue weighted by atomic mass is 35.5. The monoisotopic (exact) mass is 346 g/mol. The Bertz CT molecular complexity index is 767. The van der Waals surface area contributed by atoms with Gasteiger partial charge in [0.05, 0.1) is 30.5 Å². The first kappa shape index (κ1) is 18.0. The van der Waals surface area contributed by atoms with Crippen LogP contribution in [0, 0.1) is 18.3 Å². The summed E-state index contributed by atoms with van der Waals surface area (Å²) in [4.78, 5) is 12.5. The molecule has 7 heteroatoms. The van der Waals surface area contributed by atoms with Crippen molar-refractivity contribution in [2.24, 2.45) is 0 Å². The molecule has 1 heterocycles. The zero-order chi connectivity index (χ0) is 17.7. The van der Waals surface area contributed by atoms with Crippen LogP contribution < -0.4 is 5.32 Å². The van der Waals surface area contributed by atoms with Crippen LogP contribution in [0.25, 0.3) is 0 Å². The van der Waals surface area contributed by atoms with E-state index >= 15 is 0 Å². The van der Waals surface area contributed by atoms with Crippen LogP contribution in [0.15, 0.2) is 30.3 Å². The number of hydrogen-bond acceptors (Lipinski definition) is 4. The zero-order valence-corrected chi connectivity index (χ0v) is 14.6. The van der Waals surface area contributed by atoms with Gasteiger partial charge in [-0.1, -0.05) is 41.9 Å². The highest BCUT2D eigenvalue weighted by Gasteiger charge is 2.30. The molecule has 2 aromatic rings. The Labute approximate surface area is 146 Å². The first-order chi connectivity index (χ1) is 11.4. The van der Waals surface area contributed by atoms with E-state index in [1.807, 2.05) is 36.4 Å². The third kappa shape index (κ3) is 3.94. The number of rotatable bonds is 6. The Morgan fingerprint density at radius 3 is 2.71 bits per heavy atom. The van der Waals surface area contributed by atoms with Gasteiger partial charge in [0, 0.05) is 7.11 Å². The molecule has 1 aromatic heterocycles. The Hall–Kier alpha value is -2.36. The van der Waals surface area contributed by atoms with Crippen molar-refractivity contribution in [3.05, 3.63) is 52.3 Å². The van der Waals surface area contributed by atoms with Gasteiger partial charge in [-0.15, -0.1) is 0 Å². The summed E-state index contributed by atoms with van der Waals surface area (Å²) in [5.74, 6) is -0.446. The Kier molecular flexibility index (Phi) is 5.60. The van der Waals surface area contributed by atoms with Crippen LogP contribution in [-0.2, 0) is 11.3 Å². The topological polar surface area (TPSA) is 79.9 Å². The first-order valence-corrected chi connectivity index (χ1v) is 7.77. The molecule has 0 bridgehead atoms. The quantitative estimate of drug-likeness (QED) is 0.871. The van der Waals surface area contributed by atoms with Crippen molar-refractivity contribution < 1.29 is 9.53 Å². The Morgan fingerprint density at radius 1 is 1.46 bits per heavy atom. The SMILES string of the molecule is COC[C@@](C)(C#N)NC(=O)c1c(C)nn(Cc2ccccc2)c1Cl. The van der Waals surface area contributed by atoms with E-state index in [1.165, 1.54) is 7.11 Å². The van der Waals surface area contributed by atoms with Crippen LogP contribution in [0.5, 0.6) is 0 Å². The lowest BCUT2D eigenvalue weighted by Crippen LogP contribution is -2.48. The maximum Gasteiger partial charge on any atom is 0.257 e. The van der Waals surface area contributed by atoms with Gasteiger partial charge >= 0.3 is 0 Å². The van der Waals surface area contributed by atoms with Crippen molar-refractivity contribution in [2.75, 3.05) is 13.7 Å². The second-order valence-corrected chi connectivity index (χ2v) is 6.08. The van der Waals surface area contributed by atoms with E-state index in [4.69, 9.17) is 16.3 Å². The van der Waals surface area contributed by atoms with Gasteiger partial charge in [-0.3, -0.25) is 4.79 Å². The Balaban J connectivity index is 2.25. The van der Waals surface area contributed by atoms with Gasteiger partial charge in [-0.25, -0.2) is 4.68 Å². The number of nitriles is 1. The summed E-state index contributed by atoms with van der Waals surface area (Å²) >= 11 is 6.35. The minimum Gasteiger partial charge on any atom is -0.381 e. The van der Waals surface area contributed by atoms with Gasteiger partial charge in [0.1, 0.15) is 10.7 Å². The number of aromatic nitrogens is 2. The van der Waals surface area contributed by atoms with Gasteiger partial charge in [0.25, 0.3) is 5.91 Å². The average molecular weight is 347 g/mol. The van der Waals surface area contributed by atoms with E-state index in [1.54, 1.807) is 18.5 Å². The fourth-order valence-electron chi connectivity index (χ4n) is 2.37. The molecule has 2 rings (SSSR count). The standard InChI is InChI=1S/C17H19ClN4O2/c1-12-14(16(23)20-17(2,10-19)11-24-3)15(18)22(21-12)9-13-7-5-4-6-8-13/h4-8H,9,11H2,1-3H3,(H,20,23)/t17-/m1/s1. The van der Waals surface area contributed by atoms with Crippen LogP contribution in [0.3, 0.4) is 0 Å². The van der Waals surface area contributed by atoms with Gasteiger partial charge < -0.3 is 10.1 Å². The predicted octanol–water partition coefficient (Wildman–Crippen LogP) is 2.55. The van der Waals surface area contributed by atoms with Crippen molar-refractivity contribution in [3.8, 4) is 6.07 Å². The molecule has 6 nitrogen and oxygen atoms in total. The fourth-order valence-corrected chi connectivity index (χ4v) is 2.69. The molecule has 1 aromatic carbocycles. The molecule has 0 unspecified atom stereocenters. The largest absolute Gasteiger partial charge is 0.381 e. The molecule has 0 aliphatic heterocycles. The van der Waals surface area contributed by atoms with Crippen molar-refractivity contribution in [1.29, 1.82) is 5.26 Å². The summed E-state index contributed by atoms with van der Waals surface area (Å²) in [6, 6.07) is 11.7. The lowest BCUT2D eigenvalue weighted by molar-refractivity contribution is 0.0859. The van der Waals surface area contributed by atoms with Crippen LogP contribution in [0.4, 0.5) is 0 Å². The zero-order valence-electron chi connectivity index (χ0n) is 13.8. The van der Waals surface area contributed by atoms with Crippen molar-refractivity contribution >= 4 is 17.5 Å². The summed E-state index contributed by atoms with van der Waals surface area (Å²) in [5, 5.41) is 16.5. The maximum absolute atomic E-state index is 12.5. The lowest BCUT2D eigenvalue weighted by Gasteiger charge is -2.22. The minimum absolute atomic E-state index is 0.0735. The molecule has 0 spiro atoms. The molecule has 0 aliphatic carbocycles. The second kappa shape index (κ2) is 7.47. The van der Waals surface area contributed by atoms with E-state index in [0.29, 0.717) is 12.2 Å². The smallest absolute Gasteiger partial charge is 0.257 e. The molecule has 126 valence electrons. The molecule has 0 saturated carbocycles. The molecule has 0 fully saturated rings. The summed E-state index contributed by atoms with van der Waals surface area (Å²) in [5.41, 5.74) is 0.662. The summed E-state index contributed by atoms with van der Waals surface area (Å²) in [6.07, 6.45) is 0. The number of methoxy groups -OCH3 is 1. The van der Waals surface area contributed by atoms with Crippen LogP contribution in [0.1, 0.15) is 28.5 Å². The van der Waals surface area contributed by atoms with E-state index in [2.05, 4.69) is 10.4 Å². The fraction of sp³-hybridized carbons (Fsp3) is 0.353. The van der Waals surface area contributed by atoms with Crippen LogP contribution in [0.2, 0.25) is 5.15 Å². The number of ether oxygens (including phenoxy) is 1. The molecule has 0 saturated heterocycles. The van der Waals surface area contributed by atoms with E-state index < -0.39 is 11.4 Å². The molecule has 1 atom stereocenters. The lowest BCUT2D eigenvalue weighted by atomic mass is 10.1. The maximum atomic E-state index is 12.5. The summed E-state index contributed by atoms with van der Waals surface area (Å²) < 4.78 is 6.56. The molecule has 0 aliphatic rings. The number of carbonyl (C=O) groups excluding carboxylic acids is 1. The number of nitrogens with zero attached hydrogens (tertiary/aromatic N) is 3. The van der Waals surface area contributed by atoms with Crippen LogP contribution in [-0.4, -0.2) is 34.9 Å². The molecule has 1 N–H and O–H groups in total. The summed E-state index contributed by atoms with van der Waals surface area (Å²) in [7, 11) is 1.47. The minimum atomic E-state index is -1.14. The Morgan fingerprint density at radius 2 is 2.12 bits per heavy atom. The van der Waals surface area contributed by atoms with Gasteiger partial charge in [0.15, 0.2) is 0 Å². The first-order valence-electron chi connectivity index (χ1n) is 7.39. The van der Waals surface area contributed by atoms with Gasteiger partial charge in [-0.2, -0.15) is 10.4 Å². The van der Waals surface area contributed by atoms with E-state index in [9.17, 15) is 10.1 Å². The normalized spacial score (nSPS) is 13.1. The van der Waals surface area contributed by atoms with Crippen molar-refractivity contribution in [2.45, 2.75) is 25.9 Å². The third-order valence-electron chi connectivity index (χ3n) is 3.54. The van der Waals surface area contributed by atoms with E-state index in [-0.39, 0.29) is 17.3 Å². The third-order valence-corrected chi connectivity index (χ3v) is 3.92. The van der Waals surface area contributed by atoms with Crippen LogP contribution >= 0.6 is 11.6 Å². The van der Waals surface area contributed by atoms with Crippen molar-refractivity contribution in [1.82, 2.24) is 15.1 Å². The van der Waals surface area contributed by atoms with Crippen molar-refractivity contribution in [3.63, 3.8) is 0 Å². The highest BCUT2D eigenvalue weighted by molar-refractivity contribution is 6.33. The number of halogens is 1. The molecule has 0 radical (unpaired) electrons. The molecule has 1 amide bonds. The average Bonchev–Trinajstić information content (AvgIpc) is 2.82. The number of hydrogen-bond donors (Lipinski definition) is 1. The number of nitrogens with one attached hydrogen (secondary N) is 1. The van der Waals surface area contributed by atoms with Gasteiger partial charge in [0.2, 0.25) is 0 Å². The number of amides is 1. The number of benzene rings is 1. The molecule has 24 heavy (non-hydrogen) atoms. The second-order valence-electron chi connectivity index (χ2n) is 5.73. The van der Waals surface area contributed by atoms with E-state index in [0.717, 1.165) is 5.56 Å². The highest BCUT2D eigenvalue weighted by Crippen LogP contribution is 2.21. The predicted molar refractivity (Wildman–Crippen MR) is 90.9 cm³/mol. The van der Waals surface area contributed by atoms with Gasteiger partial charge in [-0.05, 0) is 19.4 Å². The molecular formula is C17H19ClN4O2. The number of aryl methyl sites for hydroxylation is 1. The number of carbonyl (C=O) groups is 1. The molecular weight excluding hydrogens is 328 g/mol.